The van der Waals surface area contributed by atoms with E-state index in [4.69, 9.17) is 4.74 Å². The summed E-state index contributed by atoms with van der Waals surface area (Å²) in [6, 6.07) is 7.03. The van der Waals surface area contributed by atoms with Crippen LogP contribution in [0.3, 0.4) is 0 Å². The molecule has 2 aliphatic rings. The van der Waals surface area contributed by atoms with Gasteiger partial charge in [0, 0.05) is 12.1 Å². The quantitative estimate of drug-likeness (QED) is 0.859. The molecule has 1 aromatic rings. The molecule has 0 saturated carbocycles. The van der Waals surface area contributed by atoms with Crippen LogP contribution >= 0.6 is 0 Å². The second-order valence-corrected chi connectivity index (χ2v) is 6.17. The molecule has 104 valence electrons. The van der Waals surface area contributed by atoms with Crippen LogP contribution in [-0.4, -0.2) is 24.3 Å². The molecular formula is C16H23NO2. The zero-order valence-corrected chi connectivity index (χ0v) is 11.8. The first kappa shape index (κ1) is 12.9. The van der Waals surface area contributed by atoms with Crippen molar-refractivity contribution in [1.29, 1.82) is 0 Å². The van der Waals surface area contributed by atoms with Gasteiger partial charge < -0.3 is 15.2 Å². The predicted molar refractivity (Wildman–Crippen MR) is 75.4 cm³/mol. The molecule has 2 saturated heterocycles. The Labute approximate surface area is 115 Å². The minimum Gasteiger partial charge on any atom is -0.497 e. The fraction of sp³-hybridized carbons (Fsp3) is 0.625. The van der Waals surface area contributed by atoms with Gasteiger partial charge in [0.15, 0.2) is 0 Å². The first-order valence-electron chi connectivity index (χ1n) is 7.24. The number of fused-ring (bicyclic) bond motifs is 2. The lowest BCUT2D eigenvalue weighted by molar-refractivity contribution is -0.0360. The Kier molecular flexibility index (Phi) is 3.27. The molecule has 0 spiro atoms. The highest BCUT2D eigenvalue weighted by Crippen LogP contribution is 2.40. The van der Waals surface area contributed by atoms with E-state index in [0.29, 0.717) is 12.1 Å². The number of benzene rings is 1. The highest BCUT2D eigenvalue weighted by atomic mass is 16.5. The zero-order chi connectivity index (χ0) is 13.5. The molecule has 2 aliphatic heterocycles. The third kappa shape index (κ3) is 2.49. The van der Waals surface area contributed by atoms with Gasteiger partial charge in [0.2, 0.25) is 0 Å². The standard InChI is InChI=1S/C16H23NO2/c1-11-6-12(8-15(7-11)19-2)16(18)9-13-4-3-5-14(10-16)17-13/h6-8,13-14,17-18H,3-5,9-10H2,1-2H3. The number of aryl methyl sites for hydroxylation is 1. The molecule has 2 heterocycles. The van der Waals surface area contributed by atoms with Crippen LogP contribution in [0, 0.1) is 6.92 Å². The summed E-state index contributed by atoms with van der Waals surface area (Å²) in [4.78, 5) is 0. The van der Waals surface area contributed by atoms with E-state index >= 15 is 0 Å². The van der Waals surface area contributed by atoms with Crippen LogP contribution in [-0.2, 0) is 5.60 Å². The minimum absolute atomic E-state index is 0.462. The maximum absolute atomic E-state index is 11.1. The van der Waals surface area contributed by atoms with Crippen molar-refractivity contribution >= 4 is 0 Å². The van der Waals surface area contributed by atoms with Crippen LogP contribution < -0.4 is 10.1 Å². The molecule has 2 N–H and O–H groups in total. The van der Waals surface area contributed by atoms with Gasteiger partial charge in [0.1, 0.15) is 5.75 Å². The predicted octanol–water partition coefficient (Wildman–Crippen LogP) is 2.50. The molecule has 3 nitrogen and oxygen atoms in total. The average molecular weight is 261 g/mol. The van der Waals surface area contributed by atoms with Crippen LogP contribution in [0.1, 0.15) is 43.2 Å². The maximum atomic E-state index is 11.1. The number of rotatable bonds is 2. The second-order valence-electron chi connectivity index (χ2n) is 6.17. The molecule has 19 heavy (non-hydrogen) atoms. The Morgan fingerprint density at radius 1 is 1.21 bits per heavy atom. The third-order valence-corrected chi connectivity index (χ3v) is 4.57. The Balaban J connectivity index is 1.93. The number of nitrogens with one attached hydrogen (secondary N) is 1. The molecule has 0 aliphatic carbocycles. The van der Waals surface area contributed by atoms with Crippen molar-refractivity contribution in [2.24, 2.45) is 0 Å². The van der Waals surface area contributed by atoms with Gasteiger partial charge in [0.25, 0.3) is 0 Å². The first-order chi connectivity index (χ1) is 9.09. The smallest absolute Gasteiger partial charge is 0.119 e. The molecule has 0 amide bonds. The van der Waals surface area contributed by atoms with Gasteiger partial charge in [0.05, 0.1) is 12.7 Å². The molecule has 3 rings (SSSR count). The molecule has 2 fully saturated rings. The van der Waals surface area contributed by atoms with E-state index in [1.807, 2.05) is 12.1 Å². The fourth-order valence-corrected chi connectivity index (χ4v) is 3.70. The largest absolute Gasteiger partial charge is 0.497 e. The average Bonchev–Trinajstić information content (AvgIpc) is 2.37. The van der Waals surface area contributed by atoms with Crippen LogP contribution in [0.25, 0.3) is 0 Å². The first-order valence-corrected chi connectivity index (χ1v) is 7.24. The highest BCUT2D eigenvalue weighted by Gasteiger charge is 2.41. The molecule has 2 bridgehead atoms. The van der Waals surface area contributed by atoms with Gasteiger partial charge in [-0.3, -0.25) is 0 Å². The zero-order valence-electron chi connectivity index (χ0n) is 11.8. The van der Waals surface area contributed by atoms with Gasteiger partial charge in [-0.15, -0.1) is 0 Å². The van der Waals surface area contributed by atoms with E-state index in [9.17, 15) is 5.11 Å². The molecule has 3 heteroatoms. The lowest BCUT2D eigenvalue weighted by Gasteiger charge is -2.45. The molecule has 0 aromatic heterocycles. The Hall–Kier alpha value is -1.06. The summed E-state index contributed by atoms with van der Waals surface area (Å²) < 4.78 is 5.34. The second kappa shape index (κ2) is 4.80. The Morgan fingerprint density at radius 2 is 1.89 bits per heavy atom. The van der Waals surface area contributed by atoms with E-state index in [0.717, 1.165) is 29.7 Å². The monoisotopic (exact) mass is 261 g/mol. The van der Waals surface area contributed by atoms with E-state index < -0.39 is 5.60 Å². The van der Waals surface area contributed by atoms with Crippen molar-refractivity contribution < 1.29 is 9.84 Å². The Bertz CT molecular complexity index is 460. The van der Waals surface area contributed by atoms with Crippen LogP contribution in [0.4, 0.5) is 0 Å². The van der Waals surface area contributed by atoms with E-state index in [-0.39, 0.29) is 0 Å². The number of hydrogen-bond donors (Lipinski definition) is 2. The summed E-state index contributed by atoms with van der Waals surface area (Å²) in [7, 11) is 1.68. The topological polar surface area (TPSA) is 41.5 Å². The minimum atomic E-state index is -0.694. The molecule has 2 unspecified atom stereocenters. The normalized spacial score (nSPS) is 34.1. The third-order valence-electron chi connectivity index (χ3n) is 4.57. The van der Waals surface area contributed by atoms with Gasteiger partial charge in [-0.1, -0.05) is 12.5 Å². The van der Waals surface area contributed by atoms with E-state index in [1.165, 1.54) is 19.3 Å². The molecule has 2 atom stereocenters. The van der Waals surface area contributed by atoms with Gasteiger partial charge >= 0.3 is 0 Å². The van der Waals surface area contributed by atoms with Crippen LogP contribution in [0.2, 0.25) is 0 Å². The van der Waals surface area contributed by atoms with Crippen molar-refractivity contribution in [2.45, 2.75) is 56.7 Å². The maximum Gasteiger partial charge on any atom is 0.119 e. The summed E-state index contributed by atoms with van der Waals surface area (Å²) in [5.41, 5.74) is 1.47. The lowest BCUT2D eigenvalue weighted by atomic mass is 9.73. The molecule has 0 radical (unpaired) electrons. The Morgan fingerprint density at radius 3 is 2.53 bits per heavy atom. The number of piperidine rings is 2. The van der Waals surface area contributed by atoms with Crippen molar-refractivity contribution in [3.8, 4) is 5.75 Å². The van der Waals surface area contributed by atoms with Crippen molar-refractivity contribution in [3.63, 3.8) is 0 Å². The fourth-order valence-electron chi connectivity index (χ4n) is 3.70. The number of aliphatic hydroxyl groups is 1. The molecular weight excluding hydrogens is 238 g/mol. The summed E-state index contributed by atoms with van der Waals surface area (Å²) in [6.45, 7) is 2.05. The summed E-state index contributed by atoms with van der Waals surface area (Å²) in [5, 5.41) is 14.7. The number of hydrogen-bond acceptors (Lipinski definition) is 3. The van der Waals surface area contributed by atoms with Crippen molar-refractivity contribution in [1.82, 2.24) is 5.32 Å². The molecule has 1 aromatic carbocycles. The summed E-state index contributed by atoms with van der Waals surface area (Å²) >= 11 is 0. The summed E-state index contributed by atoms with van der Waals surface area (Å²) in [6.07, 6.45) is 5.28. The number of methoxy groups -OCH3 is 1. The summed E-state index contributed by atoms with van der Waals surface area (Å²) in [5.74, 6) is 0.840. The van der Waals surface area contributed by atoms with E-state index in [1.54, 1.807) is 7.11 Å². The van der Waals surface area contributed by atoms with Crippen molar-refractivity contribution in [3.05, 3.63) is 29.3 Å². The number of ether oxygens (including phenoxy) is 1. The SMILES string of the molecule is COc1cc(C)cc(C2(O)CC3CCCC(C2)N3)c1. The van der Waals surface area contributed by atoms with Crippen LogP contribution in [0.15, 0.2) is 18.2 Å². The lowest BCUT2D eigenvalue weighted by Crippen LogP contribution is -2.54. The van der Waals surface area contributed by atoms with Crippen molar-refractivity contribution in [2.75, 3.05) is 7.11 Å². The van der Waals surface area contributed by atoms with Gasteiger partial charge in [-0.05, 0) is 55.9 Å². The van der Waals surface area contributed by atoms with Gasteiger partial charge in [-0.25, -0.2) is 0 Å². The van der Waals surface area contributed by atoms with Crippen LogP contribution in [0.5, 0.6) is 5.75 Å². The van der Waals surface area contributed by atoms with Gasteiger partial charge in [-0.2, -0.15) is 0 Å². The highest BCUT2D eigenvalue weighted by molar-refractivity contribution is 5.37. The van der Waals surface area contributed by atoms with E-state index in [2.05, 4.69) is 18.3 Å².